The second-order valence-electron chi connectivity index (χ2n) is 3.61. The largest absolute Gasteiger partial charge is 0.468 e. The maximum atomic E-state index is 11.5. The molecule has 0 bridgehead atoms. The van der Waals surface area contributed by atoms with E-state index in [1.165, 1.54) is 7.11 Å². The number of imide groups is 1. The van der Waals surface area contributed by atoms with Crippen molar-refractivity contribution in [2.75, 3.05) is 7.11 Å². The zero-order valence-corrected chi connectivity index (χ0v) is 10.0. The van der Waals surface area contributed by atoms with E-state index >= 15 is 0 Å². The van der Waals surface area contributed by atoms with Gasteiger partial charge in [0.25, 0.3) is 0 Å². The van der Waals surface area contributed by atoms with Gasteiger partial charge >= 0.3 is 6.09 Å². The highest BCUT2D eigenvalue weighted by Crippen LogP contribution is 2.12. The lowest BCUT2D eigenvalue weighted by atomic mass is 10.2. The van der Waals surface area contributed by atoms with Crippen LogP contribution in [0.2, 0.25) is 0 Å². The van der Waals surface area contributed by atoms with E-state index in [9.17, 15) is 9.59 Å². The lowest BCUT2D eigenvalue weighted by molar-refractivity contribution is -0.122. The van der Waals surface area contributed by atoms with E-state index < -0.39 is 18.0 Å². The summed E-state index contributed by atoms with van der Waals surface area (Å²) in [5.41, 5.74) is 0. The zero-order chi connectivity index (χ0) is 12.8. The van der Waals surface area contributed by atoms with Crippen LogP contribution in [0.1, 0.15) is 25.6 Å². The third-order valence-corrected chi connectivity index (χ3v) is 2.27. The molecule has 1 aromatic rings. The Hall–Kier alpha value is -1.82. The fourth-order valence-corrected chi connectivity index (χ4v) is 1.33. The van der Waals surface area contributed by atoms with Crippen molar-refractivity contribution in [1.29, 1.82) is 0 Å². The lowest BCUT2D eigenvalue weighted by Crippen LogP contribution is -2.45. The Bertz CT molecular complexity index is 375. The number of nitrogens with one attached hydrogen (secondary N) is 2. The first-order valence-corrected chi connectivity index (χ1v) is 5.23. The number of ether oxygens (including phenoxy) is 1. The summed E-state index contributed by atoms with van der Waals surface area (Å²) in [5, 5.41) is 5.08. The molecule has 0 aromatic carbocycles. The van der Waals surface area contributed by atoms with E-state index in [0.717, 1.165) is 5.76 Å². The van der Waals surface area contributed by atoms with Crippen molar-refractivity contribution in [3.05, 3.63) is 24.2 Å². The van der Waals surface area contributed by atoms with Crippen LogP contribution in [0, 0.1) is 0 Å². The molecule has 17 heavy (non-hydrogen) atoms. The van der Waals surface area contributed by atoms with Crippen LogP contribution >= 0.6 is 0 Å². The fraction of sp³-hybridized carbons (Fsp3) is 0.455. The van der Waals surface area contributed by atoms with Gasteiger partial charge in [-0.1, -0.05) is 0 Å². The van der Waals surface area contributed by atoms with Gasteiger partial charge in [0.05, 0.1) is 25.5 Å². The standard InChI is InChI=1S/C11H16N2O4/c1-7(9-5-4-6-17-9)12-8(2)10(14)13-11(15)16-3/h4-8,12H,1-3H3,(H,13,14,15)/t7-,8+/m1/s1. The summed E-state index contributed by atoms with van der Waals surface area (Å²) in [7, 11) is 1.20. The maximum absolute atomic E-state index is 11.5. The first-order chi connectivity index (χ1) is 8.04. The molecule has 6 heteroatoms. The molecule has 0 unspecified atom stereocenters. The zero-order valence-electron chi connectivity index (χ0n) is 10.0. The van der Waals surface area contributed by atoms with E-state index in [1.807, 2.05) is 13.0 Å². The van der Waals surface area contributed by atoms with E-state index in [2.05, 4.69) is 15.4 Å². The van der Waals surface area contributed by atoms with Gasteiger partial charge in [0, 0.05) is 0 Å². The van der Waals surface area contributed by atoms with E-state index in [1.54, 1.807) is 19.3 Å². The molecule has 6 nitrogen and oxygen atoms in total. The Morgan fingerprint density at radius 1 is 1.41 bits per heavy atom. The van der Waals surface area contributed by atoms with Crippen LogP contribution in [-0.2, 0) is 9.53 Å². The smallest absolute Gasteiger partial charge is 0.413 e. The van der Waals surface area contributed by atoms with Crippen molar-refractivity contribution in [3.8, 4) is 0 Å². The van der Waals surface area contributed by atoms with Gasteiger partial charge in [-0.2, -0.15) is 0 Å². The van der Waals surface area contributed by atoms with Crippen LogP contribution in [0.25, 0.3) is 0 Å². The first-order valence-electron chi connectivity index (χ1n) is 5.23. The van der Waals surface area contributed by atoms with Crippen LogP contribution < -0.4 is 10.6 Å². The molecule has 1 aromatic heterocycles. The molecule has 2 atom stereocenters. The van der Waals surface area contributed by atoms with Crippen LogP contribution in [-0.4, -0.2) is 25.2 Å². The highest BCUT2D eigenvalue weighted by atomic mass is 16.5. The van der Waals surface area contributed by atoms with Crippen molar-refractivity contribution in [1.82, 2.24) is 10.6 Å². The average Bonchev–Trinajstić information content (AvgIpc) is 2.82. The summed E-state index contributed by atoms with van der Waals surface area (Å²) in [6, 6.07) is 2.92. The summed E-state index contributed by atoms with van der Waals surface area (Å²) in [5.74, 6) is 0.276. The SMILES string of the molecule is COC(=O)NC(=O)[C@H](C)N[C@H](C)c1ccco1. The van der Waals surface area contributed by atoms with Crippen LogP contribution in [0.4, 0.5) is 4.79 Å². The van der Waals surface area contributed by atoms with Gasteiger partial charge in [-0.3, -0.25) is 15.4 Å². The molecule has 0 aliphatic rings. The minimum absolute atomic E-state index is 0.122. The van der Waals surface area contributed by atoms with Gasteiger partial charge in [0.2, 0.25) is 5.91 Å². The van der Waals surface area contributed by atoms with Gasteiger partial charge in [0.1, 0.15) is 5.76 Å². The minimum Gasteiger partial charge on any atom is -0.468 e. The van der Waals surface area contributed by atoms with Gasteiger partial charge < -0.3 is 9.15 Å². The molecule has 2 amide bonds. The molecule has 0 radical (unpaired) electrons. The number of carbonyl (C=O) groups excluding carboxylic acids is 2. The molecule has 2 N–H and O–H groups in total. The Morgan fingerprint density at radius 2 is 2.12 bits per heavy atom. The number of furan rings is 1. The molecule has 94 valence electrons. The topological polar surface area (TPSA) is 80.6 Å². The Kier molecular flexibility index (Phi) is 4.71. The quantitative estimate of drug-likeness (QED) is 0.826. The van der Waals surface area contributed by atoms with Crippen molar-refractivity contribution < 1.29 is 18.7 Å². The van der Waals surface area contributed by atoms with Gasteiger partial charge in [-0.15, -0.1) is 0 Å². The van der Waals surface area contributed by atoms with Crippen molar-refractivity contribution >= 4 is 12.0 Å². The van der Waals surface area contributed by atoms with Crippen molar-refractivity contribution in [2.45, 2.75) is 25.9 Å². The predicted octanol–water partition coefficient (Wildman–Crippen LogP) is 1.20. The highest BCUT2D eigenvalue weighted by Gasteiger charge is 2.19. The molecule has 0 aliphatic carbocycles. The summed E-state index contributed by atoms with van der Waals surface area (Å²) in [6.45, 7) is 3.51. The number of amides is 2. The summed E-state index contributed by atoms with van der Waals surface area (Å²) >= 11 is 0. The maximum Gasteiger partial charge on any atom is 0.413 e. The van der Waals surface area contributed by atoms with Crippen LogP contribution in [0.15, 0.2) is 22.8 Å². The summed E-state index contributed by atoms with van der Waals surface area (Å²) in [6.07, 6.45) is 0.793. The molecule has 0 spiro atoms. The normalized spacial score (nSPS) is 13.8. The lowest BCUT2D eigenvalue weighted by Gasteiger charge is -2.17. The van der Waals surface area contributed by atoms with Gasteiger partial charge in [-0.05, 0) is 26.0 Å². The summed E-state index contributed by atoms with van der Waals surface area (Å²) in [4.78, 5) is 22.4. The van der Waals surface area contributed by atoms with E-state index in [-0.39, 0.29) is 6.04 Å². The second kappa shape index (κ2) is 6.05. The minimum atomic E-state index is -0.769. The van der Waals surface area contributed by atoms with Crippen molar-refractivity contribution in [2.24, 2.45) is 0 Å². The van der Waals surface area contributed by atoms with Gasteiger partial charge in [-0.25, -0.2) is 4.79 Å². The number of alkyl carbamates (subject to hydrolysis) is 1. The predicted molar refractivity (Wildman–Crippen MR) is 60.3 cm³/mol. The monoisotopic (exact) mass is 240 g/mol. The molecule has 0 aliphatic heterocycles. The van der Waals surface area contributed by atoms with Crippen LogP contribution in [0.5, 0.6) is 0 Å². The van der Waals surface area contributed by atoms with E-state index in [0.29, 0.717) is 0 Å². The third-order valence-electron chi connectivity index (χ3n) is 2.27. The molecular formula is C11H16N2O4. The van der Waals surface area contributed by atoms with Crippen molar-refractivity contribution in [3.63, 3.8) is 0 Å². The number of hydrogen-bond donors (Lipinski definition) is 2. The molecule has 1 heterocycles. The van der Waals surface area contributed by atoms with E-state index in [4.69, 9.17) is 4.42 Å². The second-order valence-corrected chi connectivity index (χ2v) is 3.61. The molecule has 1 rings (SSSR count). The number of methoxy groups -OCH3 is 1. The number of rotatable bonds is 4. The van der Waals surface area contributed by atoms with Crippen LogP contribution in [0.3, 0.4) is 0 Å². The Morgan fingerprint density at radius 3 is 2.65 bits per heavy atom. The Balaban J connectivity index is 2.46. The number of hydrogen-bond acceptors (Lipinski definition) is 5. The molecule has 0 fully saturated rings. The molecule has 0 saturated carbocycles. The fourth-order valence-electron chi connectivity index (χ4n) is 1.33. The average molecular weight is 240 g/mol. The first kappa shape index (κ1) is 13.2. The Labute approximate surface area is 99.3 Å². The third kappa shape index (κ3) is 3.92. The van der Waals surface area contributed by atoms with Gasteiger partial charge in [0.15, 0.2) is 0 Å². The molecule has 0 saturated heterocycles. The highest BCUT2D eigenvalue weighted by molar-refractivity contribution is 5.94. The number of carbonyl (C=O) groups is 2. The summed E-state index contributed by atoms with van der Waals surface area (Å²) < 4.78 is 9.52. The molecular weight excluding hydrogens is 224 g/mol.